The third-order valence-corrected chi connectivity index (χ3v) is 15.6. The van der Waals surface area contributed by atoms with Gasteiger partial charge in [0.2, 0.25) is 0 Å². The molecule has 5 aromatic rings. The van der Waals surface area contributed by atoms with Gasteiger partial charge in [0.1, 0.15) is 17.6 Å². The number of aromatic nitrogens is 2. The second-order valence-corrected chi connectivity index (χ2v) is 20.2. The molecule has 0 amide bonds. The van der Waals surface area contributed by atoms with Crippen molar-refractivity contribution < 1.29 is 45.0 Å². The standard InChI is InChI=1S/C58H62N4O9/c1-59-32-38-12-13-47-44-30-48-42(18-23-60-48)46(31-58(70)20-15-34-5-4-8-49(64)41(34)16-21-58)53(44)56(69)43(19-24-63)50(65)14-9-33-25-45(55(68)52(26-33)71-40-6-2-3-7-40)54(67)36-11-10-35(29-51(38)66)39(27-36)28-37-17-22-61-57(37)62-47/h4-5,8,10-11,16-18,21-23,25-27,30,38,40,43,46-47,51,53-54,59,61,63-64,66-68,70H,2-3,6-7,9,14-15,19-20,24,28-29,31-32H2,1H3/q-2/t38-,43-,46-,47-,51+,53+,54+,58+/m1/s1. The van der Waals surface area contributed by atoms with Gasteiger partial charge < -0.3 is 56.0 Å². The number of fused-ring (bicyclic) bond motifs is 8. The molecule has 3 aliphatic carbocycles. The molecule has 1 saturated carbocycles. The number of H-pyrrole nitrogens is 1. The van der Waals surface area contributed by atoms with Crippen molar-refractivity contribution in [2.45, 2.75) is 113 Å². The zero-order valence-corrected chi connectivity index (χ0v) is 40.0. The number of aryl methyl sites for hydroxylation is 2. The van der Waals surface area contributed by atoms with Crippen molar-refractivity contribution in [1.82, 2.24) is 15.3 Å². The summed E-state index contributed by atoms with van der Waals surface area (Å²) in [5.74, 6) is 2.85. The molecule has 3 aromatic carbocycles. The van der Waals surface area contributed by atoms with Gasteiger partial charge in [0.05, 0.1) is 29.6 Å². The summed E-state index contributed by atoms with van der Waals surface area (Å²) in [5.41, 5.74) is 5.61. The highest BCUT2D eigenvalue weighted by Crippen LogP contribution is 2.49. The molecule has 2 aromatic heterocycles. The lowest BCUT2D eigenvalue weighted by atomic mass is 9.65. The van der Waals surface area contributed by atoms with Gasteiger partial charge in [-0.3, -0.25) is 9.59 Å². The zero-order valence-electron chi connectivity index (χ0n) is 40.0. The van der Waals surface area contributed by atoms with Crippen LogP contribution in [0, 0.1) is 29.6 Å². The van der Waals surface area contributed by atoms with Crippen LogP contribution in [0.1, 0.15) is 119 Å². The molecule has 5 bridgehead atoms. The molecule has 0 unspecified atom stereocenters. The molecule has 10 rings (SSSR count). The third kappa shape index (κ3) is 9.84. The Morgan fingerprint density at radius 3 is 2.59 bits per heavy atom. The number of hydrogen-bond acceptors (Lipinski definition) is 10. The number of ether oxygens (including phenoxy) is 1. The van der Waals surface area contributed by atoms with Gasteiger partial charge >= 0.3 is 0 Å². The van der Waals surface area contributed by atoms with Crippen molar-refractivity contribution in [2.75, 3.05) is 20.2 Å². The first kappa shape index (κ1) is 48.2. The molecule has 0 radical (unpaired) electrons. The van der Waals surface area contributed by atoms with Gasteiger partial charge in [-0.1, -0.05) is 90.1 Å². The SMILES string of the molecule is CNC[C@H]1C#C[C@H]2[N-]c3[nH]ccc3Cc3cc(ccc3C[C@@H]1O)[C@H](O)c1cc(cc(OC3CCCC3)c1O)CCC(=O)[C@@H](CCO)C(=O)[C@H]1C2=Cc2[n-]ccc2[C@H]1C[C@@]1(O)C=Cc2c(O)cccc2CC1. The lowest BCUT2D eigenvalue weighted by molar-refractivity contribution is -0.135. The first-order chi connectivity index (χ1) is 34.4. The summed E-state index contributed by atoms with van der Waals surface area (Å²) in [6, 6.07) is 17.1. The number of nitrogens with zero attached hydrogens (tertiary/aromatic N) is 2. The molecule has 4 heterocycles. The van der Waals surface area contributed by atoms with Crippen molar-refractivity contribution >= 4 is 29.5 Å². The number of carbonyl (C=O) groups excluding carboxylic acids is 2. The van der Waals surface area contributed by atoms with Crippen molar-refractivity contribution in [2.24, 2.45) is 17.8 Å². The average molecular weight is 959 g/mol. The molecular weight excluding hydrogens is 897 g/mol. The van der Waals surface area contributed by atoms with Crippen molar-refractivity contribution in [3.05, 3.63) is 146 Å². The molecule has 0 saturated heterocycles. The van der Waals surface area contributed by atoms with Crippen molar-refractivity contribution in [1.29, 1.82) is 0 Å². The minimum Gasteiger partial charge on any atom is -0.664 e. The summed E-state index contributed by atoms with van der Waals surface area (Å²) in [6.07, 6.45) is 11.2. The van der Waals surface area contributed by atoms with Crippen molar-refractivity contribution in [3.63, 3.8) is 0 Å². The Morgan fingerprint density at radius 2 is 1.77 bits per heavy atom. The van der Waals surface area contributed by atoms with E-state index in [9.17, 15) is 35.4 Å². The maximum atomic E-state index is 16.0. The number of aliphatic hydroxyl groups excluding tert-OH is 3. The molecule has 2 aliphatic heterocycles. The lowest BCUT2D eigenvalue weighted by Gasteiger charge is -2.42. The Hall–Kier alpha value is -6.40. The largest absolute Gasteiger partial charge is 0.664 e. The Balaban J connectivity index is 1.16. The summed E-state index contributed by atoms with van der Waals surface area (Å²) in [5, 5.41) is 78.9. The molecule has 1 fully saturated rings. The van der Waals surface area contributed by atoms with Gasteiger partial charge in [-0.15, -0.1) is 5.69 Å². The van der Waals surface area contributed by atoms with Crippen molar-refractivity contribution in [3.8, 4) is 29.1 Å². The zero-order chi connectivity index (χ0) is 49.4. The van der Waals surface area contributed by atoms with Crippen LogP contribution in [0.15, 0.2) is 84.7 Å². The quantitative estimate of drug-likeness (QED) is 0.0576. The number of aliphatic hydroxyl groups is 4. The number of rotatable bonds is 8. The van der Waals surface area contributed by atoms with Crippen LogP contribution in [-0.4, -0.2) is 91.2 Å². The van der Waals surface area contributed by atoms with Crippen LogP contribution in [0.25, 0.3) is 17.5 Å². The number of phenols is 2. The smallest absolute Gasteiger partial charge is 0.163 e. The van der Waals surface area contributed by atoms with Crippen LogP contribution >= 0.6 is 0 Å². The van der Waals surface area contributed by atoms with Crippen LogP contribution in [0.2, 0.25) is 0 Å². The Kier molecular flexibility index (Phi) is 13.8. The van der Waals surface area contributed by atoms with Crippen LogP contribution in [0.5, 0.6) is 17.2 Å². The van der Waals surface area contributed by atoms with E-state index in [1.54, 1.807) is 55.9 Å². The van der Waals surface area contributed by atoms with Gasteiger partial charge in [0.15, 0.2) is 17.3 Å². The number of hydrogen-bond donors (Lipinski definition) is 8. The van der Waals surface area contributed by atoms with E-state index in [2.05, 4.69) is 22.1 Å². The number of benzene rings is 3. The fourth-order valence-corrected chi connectivity index (χ4v) is 11.7. The number of carbonyl (C=O) groups is 2. The van der Waals surface area contributed by atoms with E-state index in [4.69, 9.17) is 15.0 Å². The number of aromatic amines is 1. The number of phenolic OH excluding ortho intramolecular Hbond substituents is 2. The number of Topliss-reactive ketones (excluding diaryl/α,β-unsaturated/α-hetero) is 2. The summed E-state index contributed by atoms with van der Waals surface area (Å²) in [4.78, 5) is 38.9. The van der Waals surface area contributed by atoms with Gasteiger partial charge in [-0.2, -0.15) is 6.20 Å². The summed E-state index contributed by atoms with van der Waals surface area (Å²) in [7, 11) is 1.79. The van der Waals surface area contributed by atoms with Crippen LogP contribution < -0.4 is 15.0 Å². The Bertz CT molecular complexity index is 2930. The van der Waals surface area contributed by atoms with E-state index in [1.165, 1.54) is 0 Å². The van der Waals surface area contributed by atoms with E-state index < -0.39 is 65.7 Å². The predicted octanol–water partition coefficient (Wildman–Crippen LogP) is 7.17. The first-order valence-electron chi connectivity index (χ1n) is 25.2. The molecule has 0 spiro atoms. The van der Waals surface area contributed by atoms with Crippen LogP contribution in [0.4, 0.5) is 5.82 Å². The minimum atomic E-state index is -1.48. The summed E-state index contributed by atoms with van der Waals surface area (Å²) < 4.78 is 6.43. The maximum Gasteiger partial charge on any atom is 0.163 e. The summed E-state index contributed by atoms with van der Waals surface area (Å²) in [6.45, 7) is -0.126. The average Bonchev–Trinajstić information content (AvgIpc) is 4.14. The normalized spacial score (nSPS) is 26.5. The third-order valence-electron chi connectivity index (χ3n) is 15.6. The van der Waals surface area contributed by atoms with E-state index in [0.717, 1.165) is 53.5 Å². The molecule has 13 nitrogen and oxygen atoms in total. The molecule has 370 valence electrons. The van der Waals surface area contributed by atoms with Gasteiger partial charge in [0.25, 0.3) is 0 Å². The number of nitrogens with one attached hydrogen (secondary N) is 2. The molecule has 5 aliphatic rings. The second kappa shape index (κ2) is 20.4. The summed E-state index contributed by atoms with van der Waals surface area (Å²) >= 11 is 0. The molecule has 8 N–H and O–H groups in total. The predicted molar refractivity (Wildman–Crippen MR) is 269 cm³/mol. The minimum absolute atomic E-state index is 0.0429. The van der Waals surface area contributed by atoms with Crippen LogP contribution in [-0.2, 0) is 35.3 Å². The topological polar surface area (TPSA) is 221 Å². The van der Waals surface area contributed by atoms with E-state index in [1.807, 2.05) is 42.5 Å². The molecule has 71 heavy (non-hydrogen) atoms. The van der Waals surface area contributed by atoms with Crippen LogP contribution in [0.3, 0.4) is 0 Å². The van der Waals surface area contributed by atoms with E-state index in [-0.39, 0.29) is 67.4 Å². The molecule has 8 atom stereocenters. The van der Waals surface area contributed by atoms with Gasteiger partial charge in [-0.05, 0) is 141 Å². The second-order valence-electron chi connectivity index (χ2n) is 20.2. The number of aromatic hydroxyl groups is 2. The Labute approximate surface area is 414 Å². The number of ketones is 2. The first-order valence-corrected chi connectivity index (χ1v) is 25.2. The highest BCUT2D eigenvalue weighted by Gasteiger charge is 2.45. The maximum absolute atomic E-state index is 16.0. The monoisotopic (exact) mass is 958 g/mol. The Morgan fingerprint density at radius 1 is 0.930 bits per heavy atom. The van der Waals surface area contributed by atoms with Gasteiger partial charge in [-0.25, -0.2) is 0 Å². The molecule has 13 heteroatoms. The fourth-order valence-electron chi connectivity index (χ4n) is 11.7. The molecular formula is C58H62N4O9-2. The van der Waals surface area contributed by atoms with E-state index in [0.29, 0.717) is 53.2 Å². The lowest BCUT2D eigenvalue weighted by Crippen LogP contribution is -2.41. The highest BCUT2D eigenvalue weighted by atomic mass is 16.5. The fraction of sp³-hybridized carbons (Fsp3) is 0.414. The van der Waals surface area contributed by atoms with E-state index >= 15 is 4.79 Å². The van der Waals surface area contributed by atoms with Gasteiger partial charge in [0, 0.05) is 42.7 Å². The highest BCUT2D eigenvalue weighted by molar-refractivity contribution is 6.05.